The Labute approximate surface area is 146 Å². The number of hydrogen-bond donors (Lipinski definition) is 2. The summed E-state index contributed by atoms with van der Waals surface area (Å²) in [7, 11) is 0. The van der Waals surface area contributed by atoms with Crippen molar-refractivity contribution < 1.29 is 24.2 Å². The van der Waals surface area contributed by atoms with Crippen LogP contribution in [0.25, 0.3) is 0 Å². The van der Waals surface area contributed by atoms with E-state index < -0.39 is 12.2 Å². The van der Waals surface area contributed by atoms with Crippen LogP contribution in [-0.4, -0.2) is 47.1 Å². The molecular formula is C18H22N2O5. The van der Waals surface area contributed by atoms with Crippen molar-refractivity contribution in [3.8, 4) is 0 Å². The van der Waals surface area contributed by atoms with Gasteiger partial charge in [0.1, 0.15) is 12.4 Å². The molecule has 1 heterocycles. The molecule has 0 bridgehead atoms. The molecule has 1 spiro atoms. The minimum Gasteiger partial charge on any atom is -0.465 e. The first-order chi connectivity index (χ1) is 12.0. The van der Waals surface area contributed by atoms with Crippen molar-refractivity contribution in [3.63, 3.8) is 0 Å². The van der Waals surface area contributed by atoms with Crippen molar-refractivity contribution in [2.75, 3.05) is 13.1 Å². The summed E-state index contributed by atoms with van der Waals surface area (Å²) in [4.78, 5) is 36.5. The van der Waals surface area contributed by atoms with Crippen LogP contribution in [0.2, 0.25) is 0 Å². The quantitative estimate of drug-likeness (QED) is 0.876. The van der Waals surface area contributed by atoms with E-state index in [0.29, 0.717) is 32.4 Å². The number of piperidine rings is 1. The standard InChI is InChI=1S/C18H22N2O5/c21-14-10-15(18(11-14)6-8-20(9-7-18)17(23)24)19-16(22)25-12-13-4-2-1-3-5-13/h1-5,15H,6-12H2,(H,19,22)(H,23,24). The fraction of sp³-hybridized carbons (Fsp3) is 0.500. The number of likely N-dealkylation sites (tertiary alicyclic amines) is 1. The van der Waals surface area contributed by atoms with E-state index in [1.165, 1.54) is 4.90 Å². The van der Waals surface area contributed by atoms with Gasteiger partial charge < -0.3 is 20.1 Å². The Kier molecular flexibility index (Phi) is 4.92. The summed E-state index contributed by atoms with van der Waals surface area (Å²) in [6, 6.07) is 9.08. The largest absolute Gasteiger partial charge is 0.465 e. The minimum atomic E-state index is -0.939. The first kappa shape index (κ1) is 17.3. The number of hydrogen-bond acceptors (Lipinski definition) is 4. The monoisotopic (exact) mass is 346 g/mol. The van der Waals surface area contributed by atoms with Gasteiger partial charge in [-0.05, 0) is 18.4 Å². The second-order valence-corrected chi connectivity index (χ2v) is 6.81. The van der Waals surface area contributed by atoms with E-state index in [1.807, 2.05) is 30.3 Å². The molecule has 0 aromatic heterocycles. The molecule has 7 heteroatoms. The fourth-order valence-corrected chi connectivity index (χ4v) is 3.81. The van der Waals surface area contributed by atoms with Crippen molar-refractivity contribution in [2.24, 2.45) is 5.41 Å². The number of alkyl carbamates (subject to hydrolysis) is 1. The number of ketones is 1. The lowest BCUT2D eigenvalue weighted by atomic mass is 9.74. The topological polar surface area (TPSA) is 95.9 Å². The molecule has 1 saturated heterocycles. The minimum absolute atomic E-state index is 0.108. The first-order valence-corrected chi connectivity index (χ1v) is 8.45. The van der Waals surface area contributed by atoms with E-state index >= 15 is 0 Å². The molecule has 25 heavy (non-hydrogen) atoms. The first-order valence-electron chi connectivity index (χ1n) is 8.45. The van der Waals surface area contributed by atoms with E-state index in [9.17, 15) is 14.4 Å². The molecule has 1 aliphatic heterocycles. The third-order valence-corrected chi connectivity index (χ3v) is 5.25. The predicted molar refractivity (Wildman–Crippen MR) is 89.1 cm³/mol. The number of carbonyl (C=O) groups is 3. The molecule has 1 atom stereocenters. The zero-order valence-electron chi connectivity index (χ0n) is 13.9. The maximum Gasteiger partial charge on any atom is 0.407 e. The van der Waals surface area contributed by atoms with E-state index in [2.05, 4.69) is 5.32 Å². The molecule has 2 amide bonds. The van der Waals surface area contributed by atoms with Gasteiger partial charge in [0, 0.05) is 37.4 Å². The molecule has 3 rings (SSSR count). The van der Waals surface area contributed by atoms with Crippen LogP contribution in [0, 0.1) is 5.41 Å². The van der Waals surface area contributed by atoms with Crippen molar-refractivity contribution in [1.29, 1.82) is 0 Å². The summed E-state index contributed by atoms with van der Waals surface area (Å²) < 4.78 is 5.25. The van der Waals surface area contributed by atoms with E-state index in [0.717, 1.165) is 5.56 Å². The Morgan fingerprint density at radius 3 is 2.56 bits per heavy atom. The second-order valence-electron chi connectivity index (χ2n) is 6.81. The molecule has 0 radical (unpaired) electrons. The zero-order valence-corrected chi connectivity index (χ0v) is 13.9. The second kappa shape index (κ2) is 7.13. The summed E-state index contributed by atoms with van der Waals surface area (Å²) in [5, 5.41) is 11.9. The van der Waals surface area contributed by atoms with Crippen LogP contribution < -0.4 is 5.32 Å². The van der Waals surface area contributed by atoms with Crippen LogP contribution in [0.5, 0.6) is 0 Å². The van der Waals surface area contributed by atoms with Crippen molar-refractivity contribution >= 4 is 18.0 Å². The maximum atomic E-state index is 12.1. The van der Waals surface area contributed by atoms with Gasteiger partial charge in [-0.1, -0.05) is 30.3 Å². The molecule has 2 N–H and O–H groups in total. The predicted octanol–water partition coefficient (Wildman–Crippen LogP) is 2.40. The lowest BCUT2D eigenvalue weighted by Crippen LogP contribution is -2.51. The number of Topliss-reactive ketones (excluding diaryl/α,β-unsaturated/α-hetero) is 1. The van der Waals surface area contributed by atoms with Crippen molar-refractivity contribution in [1.82, 2.24) is 10.2 Å². The SMILES string of the molecule is O=C1CC(NC(=O)OCc2ccccc2)C2(CCN(C(=O)O)CC2)C1. The zero-order chi connectivity index (χ0) is 17.9. The molecule has 1 aromatic carbocycles. The number of carboxylic acid groups (broad SMARTS) is 1. The highest BCUT2D eigenvalue weighted by molar-refractivity contribution is 5.84. The molecule has 7 nitrogen and oxygen atoms in total. The van der Waals surface area contributed by atoms with Gasteiger partial charge >= 0.3 is 12.2 Å². The number of amides is 2. The highest BCUT2D eigenvalue weighted by Gasteiger charge is 2.49. The van der Waals surface area contributed by atoms with Gasteiger partial charge in [0.05, 0.1) is 0 Å². The normalized spacial score (nSPS) is 22.0. The Balaban J connectivity index is 1.57. The van der Waals surface area contributed by atoms with Gasteiger partial charge in [-0.25, -0.2) is 9.59 Å². The molecule has 2 aliphatic rings. The van der Waals surface area contributed by atoms with Gasteiger partial charge in [0.15, 0.2) is 0 Å². The van der Waals surface area contributed by atoms with Crippen LogP contribution in [0.1, 0.15) is 31.2 Å². The third-order valence-electron chi connectivity index (χ3n) is 5.25. The summed E-state index contributed by atoms with van der Waals surface area (Å²) in [5.41, 5.74) is 0.541. The average Bonchev–Trinajstić information content (AvgIpc) is 2.89. The highest BCUT2D eigenvalue weighted by Crippen LogP contribution is 2.45. The van der Waals surface area contributed by atoms with Crippen LogP contribution >= 0.6 is 0 Å². The fourth-order valence-electron chi connectivity index (χ4n) is 3.81. The summed E-state index contributed by atoms with van der Waals surface area (Å²) in [6.45, 7) is 0.951. The van der Waals surface area contributed by atoms with Crippen LogP contribution in [0.15, 0.2) is 30.3 Å². The summed E-state index contributed by atoms with van der Waals surface area (Å²) in [5.74, 6) is 0.108. The number of ether oxygens (including phenoxy) is 1. The third kappa shape index (κ3) is 3.92. The van der Waals surface area contributed by atoms with Gasteiger partial charge in [-0.3, -0.25) is 4.79 Å². The molecule has 2 fully saturated rings. The molecule has 134 valence electrons. The van der Waals surface area contributed by atoms with Crippen LogP contribution in [-0.2, 0) is 16.1 Å². The summed E-state index contributed by atoms with van der Waals surface area (Å²) in [6.07, 6.45) is 0.357. The Bertz CT molecular complexity index is 653. The van der Waals surface area contributed by atoms with Crippen LogP contribution in [0.4, 0.5) is 9.59 Å². The van der Waals surface area contributed by atoms with Crippen molar-refractivity contribution in [3.05, 3.63) is 35.9 Å². The van der Waals surface area contributed by atoms with Crippen molar-refractivity contribution in [2.45, 2.75) is 38.3 Å². The smallest absolute Gasteiger partial charge is 0.407 e. The number of benzene rings is 1. The summed E-state index contributed by atoms with van der Waals surface area (Å²) >= 11 is 0. The van der Waals surface area contributed by atoms with Crippen LogP contribution in [0.3, 0.4) is 0 Å². The lowest BCUT2D eigenvalue weighted by molar-refractivity contribution is -0.118. The molecular weight excluding hydrogens is 324 g/mol. The molecule has 1 unspecified atom stereocenters. The van der Waals surface area contributed by atoms with Gasteiger partial charge in [0.25, 0.3) is 0 Å². The van der Waals surface area contributed by atoms with Gasteiger partial charge in [-0.15, -0.1) is 0 Å². The Morgan fingerprint density at radius 1 is 1.24 bits per heavy atom. The number of nitrogens with zero attached hydrogens (tertiary/aromatic N) is 1. The molecule has 1 aliphatic carbocycles. The lowest BCUT2D eigenvalue weighted by Gasteiger charge is -2.41. The van der Waals surface area contributed by atoms with E-state index in [1.54, 1.807) is 0 Å². The van der Waals surface area contributed by atoms with E-state index in [4.69, 9.17) is 9.84 Å². The van der Waals surface area contributed by atoms with Gasteiger partial charge in [-0.2, -0.15) is 0 Å². The number of nitrogens with one attached hydrogen (secondary N) is 1. The number of rotatable bonds is 3. The highest BCUT2D eigenvalue weighted by atomic mass is 16.5. The van der Waals surface area contributed by atoms with Gasteiger partial charge in [0.2, 0.25) is 0 Å². The van der Waals surface area contributed by atoms with E-state index in [-0.39, 0.29) is 30.3 Å². The average molecular weight is 346 g/mol. The maximum absolute atomic E-state index is 12.1. The number of carbonyl (C=O) groups excluding carboxylic acids is 2. The Hall–Kier alpha value is -2.57. The Morgan fingerprint density at radius 2 is 1.92 bits per heavy atom. The molecule has 1 aromatic rings. The molecule has 1 saturated carbocycles.